The quantitative estimate of drug-likeness (QED) is 0.813. The first kappa shape index (κ1) is 13.7. The average molecular weight is 298 g/mol. The minimum Gasteiger partial charge on any atom is -0.339 e. The van der Waals surface area contributed by atoms with Crippen LogP contribution in [-0.2, 0) is 0 Å². The Morgan fingerprint density at radius 1 is 1.05 bits per heavy atom. The molecule has 1 spiro atoms. The number of carbonyl (C=O) groups excluding carboxylic acids is 1. The van der Waals surface area contributed by atoms with Gasteiger partial charge in [-0.2, -0.15) is 0 Å². The van der Waals surface area contributed by atoms with Crippen molar-refractivity contribution in [3.8, 4) is 0 Å². The summed E-state index contributed by atoms with van der Waals surface area (Å²) in [6.07, 6.45) is 12.7. The van der Waals surface area contributed by atoms with E-state index in [1.165, 1.54) is 44.9 Å². The first-order valence-electron chi connectivity index (χ1n) is 8.35. The van der Waals surface area contributed by atoms with Crippen LogP contribution in [0.4, 0.5) is 0 Å². The van der Waals surface area contributed by atoms with Crippen LogP contribution in [0.15, 0.2) is 24.7 Å². The molecule has 22 heavy (non-hydrogen) atoms. The summed E-state index contributed by atoms with van der Waals surface area (Å²) in [5, 5.41) is 7.84. The lowest BCUT2D eigenvalue weighted by molar-refractivity contribution is 0.0471. The third-order valence-electron chi connectivity index (χ3n) is 5.56. The van der Waals surface area contributed by atoms with Gasteiger partial charge in [-0.1, -0.05) is 19.3 Å². The predicted octanol–water partition coefficient (Wildman–Crippen LogP) is 2.92. The van der Waals surface area contributed by atoms with Crippen LogP contribution in [0.25, 0.3) is 5.65 Å². The van der Waals surface area contributed by atoms with Crippen molar-refractivity contribution >= 4 is 11.6 Å². The van der Waals surface area contributed by atoms with Crippen molar-refractivity contribution in [2.24, 2.45) is 5.41 Å². The molecule has 2 aliphatic rings. The van der Waals surface area contributed by atoms with Crippen molar-refractivity contribution in [2.75, 3.05) is 13.1 Å². The molecule has 1 aliphatic carbocycles. The molecule has 2 fully saturated rings. The minimum absolute atomic E-state index is 0.140. The first-order chi connectivity index (χ1) is 10.8. The molecule has 1 saturated heterocycles. The van der Waals surface area contributed by atoms with Crippen molar-refractivity contribution in [3.05, 3.63) is 30.2 Å². The van der Waals surface area contributed by atoms with E-state index in [4.69, 9.17) is 0 Å². The van der Waals surface area contributed by atoms with Gasteiger partial charge in [0.2, 0.25) is 0 Å². The number of piperidine rings is 1. The van der Waals surface area contributed by atoms with Gasteiger partial charge in [-0.25, -0.2) is 0 Å². The van der Waals surface area contributed by atoms with Crippen molar-refractivity contribution in [2.45, 2.75) is 44.9 Å². The molecule has 0 unspecified atom stereocenters. The molecule has 5 heteroatoms. The second-order valence-corrected chi connectivity index (χ2v) is 6.87. The van der Waals surface area contributed by atoms with Gasteiger partial charge >= 0.3 is 0 Å². The van der Waals surface area contributed by atoms with E-state index in [0.29, 0.717) is 5.41 Å². The van der Waals surface area contributed by atoms with E-state index in [0.717, 1.165) is 24.3 Å². The number of aromatic nitrogens is 3. The van der Waals surface area contributed by atoms with Gasteiger partial charge in [0.15, 0.2) is 5.65 Å². The molecule has 0 atom stereocenters. The lowest BCUT2D eigenvalue weighted by Gasteiger charge is -2.44. The van der Waals surface area contributed by atoms with Crippen LogP contribution in [0.2, 0.25) is 0 Å². The topological polar surface area (TPSA) is 50.5 Å². The molecule has 116 valence electrons. The zero-order chi connectivity index (χ0) is 15.0. The molecule has 2 aromatic heterocycles. The maximum Gasteiger partial charge on any atom is 0.255 e. The van der Waals surface area contributed by atoms with E-state index in [2.05, 4.69) is 10.2 Å². The number of amides is 1. The maximum absolute atomic E-state index is 12.7. The van der Waals surface area contributed by atoms with Gasteiger partial charge in [0.05, 0.1) is 5.56 Å². The highest BCUT2D eigenvalue weighted by Gasteiger charge is 2.36. The molecule has 3 heterocycles. The zero-order valence-corrected chi connectivity index (χ0v) is 12.9. The Kier molecular flexibility index (Phi) is 3.36. The fraction of sp³-hybridized carbons (Fsp3) is 0.588. The van der Waals surface area contributed by atoms with Crippen LogP contribution in [0.1, 0.15) is 55.3 Å². The summed E-state index contributed by atoms with van der Waals surface area (Å²) in [6, 6.07) is 3.71. The van der Waals surface area contributed by atoms with Crippen molar-refractivity contribution in [3.63, 3.8) is 0 Å². The molecular weight excluding hydrogens is 276 g/mol. The van der Waals surface area contributed by atoms with Gasteiger partial charge in [-0.3, -0.25) is 9.20 Å². The van der Waals surface area contributed by atoms with Gasteiger partial charge in [0, 0.05) is 19.3 Å². The number of hydrogen-bond acceptors (Lipinski definition) is 3. The first-order valence-corrected chi connectivity index (χ1v) is 8.35. The Hall–Kier alpha value is -1.91. The van der Waals surface area contributed by atoms with Crippen LogP contribution in [0.3, 0.4) is 0 Å². The predicted molar refractivity (Wildman–Crippen MR) is 83.6 cm³/mol. The Morgan fingerprint density at radius 3 is 2.59 bits per heavy atom. The fourth-order valence-corrected chi connectivity index (χ4v) is 4.12. The normalized spacial score (nSPS) is 21.4. The fourth-order valence-electron chi connectivity index (χ4n) is 4.12. The molecule has 1 saturated carbocycles. The highest BCUT2D eigenvalue weighted by atomic mass is 16.2. The molecule has 5 nitrogen and oxygen atoms in total. The molecule has 2 aromatic rings. The van der Waals surface area contributed by atoms with Gasteiger partial charge in [-0.15, -0.1) is 10.2 Å². The van der Waals surface area contributed by atoms with Gasteiger partial charge in [-0.05, 0) is 43.2 Å². The van der Waals surface area contributed by atoms with E-state index >= 15 is 0 Å². The zero-order valence-electron chi connectivity index (χ0n) is 12.9. The third kappa shape index (κ3) is 2.38. The minimum atomic E-state index is 0.140. The van der Waals surface area contributed by atoms with Crippen LogP contribution >= 0.6 is 0 Å². The van der Waals surface area contributed by atoms with Crippen LogP contribution in [0.5, 0.6) is 0 Å². The number of carbonyl (C=O) groups is 1. The summed E-state index contributed by atoms with van der Waals surface area (Å²) in [5.74, 6) is 0.140. The number of pyridine rings is 1. The standard InChI is InChI=1S/C17H22N4O/c22-16(14-4-5-15-19-18-13-21(15)12-14)20-10-8-17(9-11-20)6-2-1-3-7-17/h4-5,12-13H,1-3,6-11H2. The van der Waals surface area contributed by atoms with E-state index in [-0.39, 0.29) is 5.91 Å². The number of likely N-dealkylation sites (tertiary alicyclic amines) is 1. The van der Waals surface area contributed by atoms with E-state index in [9.17, 15) is 4.79 Å². The SMILES string of the molecule is O=C(c1ccc2nncn2c1)N1CCC2(CCCCC2)CC1. The summed E-state index contributed by atoms with van der Waals surface area (Å²) in [7, 11) is 0. The van der Waals surface area contributed by atoms with Gasteiger partial charge < -0.3 is 4.90 Å². The van der Waals surface area contributed by atoms with Crippen molar-refractivity contribution < 1.29 is 4.79 Å². The average Bonchev–Trinajstić information content (AvgIpc) is 3.03. The van der Waals surface area contributed by atoms with Gasteiger partial charge in [0.25, 0.3) is 5.91 Å². The van der Waals surface area contributed by atoms with E-state index in [1.807, 2.05) is 23.2 Å². The number of fused-ring (bicyclic) bond motifs is 1. The summed E-state index contributed by atoms with van der Waals surface area (Å²) >= 11 is 0. The lowest BCUT2D eigenvalue weighted by atomic mass is 9.68. The van der Waals surface area contributed by atoms with Crippen molar-refractivity contribution in [1.29, 1.82) is 0 Å². The highest BCUT2D eigenvalue weighted by Crippen LogP contribution is 2.44. The Balaban J connectivity index is 1.47. The van der Waals surface area contributed by atoms with E-state index in [1.54, 1.807) is 10.7 Å². The molecule has 0 aromatic carbocycles. The maximum atomic E-state index is 12.7. The molecular formula is C17H22N4O. The molecule has 1 aliphatic heterocycles. The number of hydrogen-bond donors (Lipinski definition) is 0. The number of rotatable bonds is 1. The lowest BCUT2D eigenvalue weighted by Crippen LogP contribution is -2.43. The largest absolute Gasteiger partial charge is 0.339 e. The third-order valence-corrected chi connectivity index (χ3v) is 5.56. The molecule has 1 amide bonds. The Labute approximate surface area is 130 Å². The summed E-state index contributed by atoms with van der Waals surface area (Å²) in [5.41, 5.74) is 2.04. The van der Waals surface area contributed by atoms with Crippen LogP contribution in [0, 0.1) is 5.41 Å². The van der Waals surface area contributed by atoms with E-state index < -0.39 is 0 Å². The Bertz CT molecular complexity index is 677. The smallest absolute Gasteiger partial charge is 0.255 e. The molecule has 0 bridgehead atoms. The van der Waals surface area contributed by atoms with Gasteiger partial charge in [0.1, 0.15) is 6.33 Å². The molecule has 4 rings (SSSR count). The Morgan fingerprint density at radius 2 is 1.82 bits per heavy atom. The summed E-state index contributed by atoms with van der Waals surface area (Å²) in [6.45, 7) is 1.80. The number of nitrogens with zero attached hydrogens (tertiary/aromatic N) is 4. The monoisotopic (exact) mass is 298 g/mol. The molecule has 0 radical (unpaired) electrons. The van der Waals surface area contributed by atoms with Crippen LogP contribution in [-0.4, -0.2) is 38.5 Å². The second-order valence-electron chi connectivity index (χ2n) is 6.87. The summed E-state index contributed by atoms with van der Waals surface area (Å²) in [4.78, 5) is 14.7. The summed E-state index contributed by atoms with van der Waals surface area (Å²) < 4.78 is 1.81. The highest BCUT2D eigenvalue weighted by molar-refractivity contribution is 5.94. The second kappa shape index (κ2) is 5.38. The molecule has 0 N–H and O–H groups in total. The van der Waals surface area contributed by atoms with Crippen LogP contribution < -0.4 is 0 Å². The van der Waals surface area contributed by atoms with Crippen molar-refractivity contribution in [1.82, 2.24) is 19.5 Å².